The number of aromatic carboxylic acids is 1. The molecule has 32 heavy (non-hydrogen) atoms. The van der Waals surface area contributed by atoms with Crippen LogP contribution in [0.2, 0.25) is 0 Å². The summed E-state index contributed by atoms with van der Waals surface area (Å²) in [5.41, 5.74) is -1.98. The van der Waals surface area contributed by atoms with E-state index in [1.165, 1.54) is 0 Å². The normalized spacial score (nSPS) is 38.9. The van der Waals surface area contributed by atoms with E-state index in [0.29, 0.717) is 12.5 Å². The second kappa shape index (κ2) is 6.60. The van der Waals surface area contributed by atoms with Crippen molar-refractivity contribution in [3.8, 4) is 11.5 Å². The van der Waals surface area contributed by atoms with E-state index in [1.54, 1.807) is 0 Å². The Morgan fingerprint density at radius 1 is 1.25 bits per heavy atom. The van der Waals surface area contributed by atoms with Crippen LogP contribution in [0.5, 0.6) is 11.5 Å². The Morgan fingerprint density at radius 2 is 2.00 bits per heavy atom. The monoisotopic (exact) mass is 445 g/mol. The number of ether oxygens (including phenoxy) is 2. The molecule has 3 heterocycles. The van der Waals surface area contributed by atoms with Gasteiger partial charge < -0.3 is 30.1 Å². The first-order valence-corrected chi connectivity index (χ1v) is 10.9. The lowest BCUT2D eigenvalue weighted by atomic mass is 9.53. The van der Waals surface area contributed by atoms with Crippen LogP contribution in [-0.2, 0) is 19.1 Å². The molecule has 0 radical (unpaired) electrons. The first kappa shape index (κ1) is 21.1. The number of phenolic OH excluding ortho intramolecular Hbond substituents is 1. The number of hydrogen-bond acceptors (Lipinski definition) is 7. The molecule has 0 aromatic heterocycles. The molecular weight excluding hydrogens is 418 g/mol. The van der Waals surface area contributed by atoms with E-state index in [-0.39, 0.29) is 47.5 Å². The number of carbonyl (C=O) groups excluding carboxylic acids is 2. The maximum absolute atomic E-state index is 12.9. The van der Waals surface area contributed by atoms with Gasteiger partial charge in [-0.15, -0.1) is 0 Å². The smallest absolute Gasteiger partial charge is 0.339 e. The van der Waals surface area contributed by atoms with E-state index < -0.39 is 34.4 Å². The van der Waals surface area contributed by atoms with Gasteiger partial charge in [0.1, 0.15) is 17.0 Å². The number of aromatic hydroxyl groups is 2. The molecule has 5 aliphatic rings. The molecule has 2 aliphatic carbocycles. The van der Waals surface area contributed by atoms with Crippen LogP contribution in [0.4, 0.5) is 5.69 Å². The number of cyclic esters (lactones) is 1. The average molecular weight is 445 g/mol. The molecule has 4 N–H and O–H groups in total. The van der Waals surface area contributed by atoms with Gasteiger partial charge in [-0.1, -0.05) is 0 Å². The molecule has 1 spiro atoms. The number of esters is 1. The van der Waals surface area contributed by atoms with Crippen LogP contribution in [0.3, 0.4) is 0 Å². The number of rotatable bonds is 5. The average Bonchev–Trinajstić information content (AvgIpc) is 3.08. The van der Waals surface area contributed by atoms with Gasteiger partial charge in [-0.3, -0.25) is 9.59 Å². The largest absolute Gasteiger partial charge is 0.506 e. The summed E-state index contributed by atoms with van der Waals surface area (Å²) in [5, 5.41) is 31.7. The third-order valence-electron chi connectivity index (χ3n) is 8.35. The van der Waals surface area contributed by atoms with Gasteiger partial charge in [0.15, 0.2) is 5.75 Å². The summed E-state index contributed by atoms with van der Waals surface area (Å²) in [5.74, 6) is -3.00. The first-order valence-electron chi connectivity index (χ1n) is 10.9. The number of anilines is 1. The Bertz CT molecular complexity index is 1040. The van der Waals surface area contributed by atoms with Crippen LogP contribution in [0, 0.1) is 22.7 Å². The maximum atomic E-state index is 12.9. The number of carboxylic acid groups (broad SMARTS) is 1. The van der Waals surface area contributed by atoms with Crippen molar-refractivity contribution in [2.45, 2.75) is 57.7 Å². The standard InChI is InChI=1S/C23H27NO8/c1-21(6-5-15(26)24-16-13(25)4-3-12(17(16)27)19(28)29)18-14-7-11-8-23(18,10-31-20(21)30)9-22(11,2)32-14/h3-4,11,14,18,25,27H,5-10H2,1-2H3,(H,24,26)(H,28,29)/t11?,14?,18?,21-,22?,23?/m0/s1. The molecule has 2 saturated carbocycles. The van der Waals surface area contributed by atoms with Crippen molar-refractivity contribution in [3.63, 3.8) is 0 Å². The van der Waals surface area contributed by atoms with Crippen LogP contribution < -0.4 is 5.32 Å². The Morgan fingerprint density at radius 3 is 2.69 bits per heavy atom. The van der Waals surface area contributed by atoms with E-state index >= 15 is 0 Å². The molecule has 1 aromatic rings. The summed E-state index contributed by atoms with van der Waals surface area (Å²) in [6.45, 7) is 4.38. The van der Waals surface area contributed by atoms with Crippen LogP contribution in [-0.4, -0.2) is 51.5 Å². The molecule has 9 heteroatoms. The Hall–Kier alpha value is -2.81. The van der Waals surface area contributed by atoms with Gasteiger partial charge in [-0.25, -0.2) is 4.79 Å². The molecule has 3 aliphatic heterocycles. The van der Waals surface area contributed by atoms with Gasteiger partial charge >= 0.3 is 11.9 Å². The van der Waals surface area contributed by atoms with E-state index in [0.717, 1.165) is 31.4 Å². The number of hydrogen-bond donors (Lipinski definition) is 4. The van der Waals surface area contributed by atoms with Gasteiger partial charge in [0.25, 0.3) is 0 Å². The van der Waals surface area contributed by atoms with Crippen molar-refractivity contribution in [2.75, 3.05) is 11.9 Å². The predicted molar refractivity (Wildman–Crippen MR) is 110 cm³/mol. The minimum atomic E-state index is -1.39. The van der Waals surface area contributed by atoms with E-state index in [9.17, 15) is 24.6 Å². The molecule has 9 nitrogen and oxygen atoms in total. The van der Waals surface area contributed by atoms with Crippen molar-refractivity contribution in [1.29, 1.82) is 0 Å². The number of carboxylic acids is 1. The van der Waals surface area contributed by atoms with Crippen molar-refractivity contribution in [2.24, 2.45) is 22.7 Å². The molecule has 172 valence electrons. The summed E-state index contributed by atoms with van der Waals surface area (Å²) in [6.07, 6.45) is 2.84. The van der Waals surface area contributed by atoms with Crippen molar-refractivity contribution in [3.05, 3.63) is 17.7 Å². The minimum absolute atomic E-state index is 0.0336. The van der Waals surface area contributed by atoms with Gasteiger partial charge in [-0.2, -0.15) is 0 Å². The summed E-state index contributed by atoms with van der Waals surface area (Å²) in [4.78, 5) is 36.8. The number of nitrogens with one attached hydrogen (secondary N) is 1. The van der Waals surface area contributed by atoms with Crippen LogP contribution in [0.15, 0.2) is 12.1 Å². The molecule has 6 rings (SSSR count). The second-order valence-electron chi connectivity index (χ2n) is 10.3. The fourth-order valence-corrected chi connectivity index (χ4v) is 7.10. The number of phenols is 2. The highest BCUT2D eigenvalue weighted by Crippen LogP contribution is 2.71. The Kier molecular flexibility index (Phi) is 4.34. The molecule has 6 atom stereocenters. The highest BCUT2D eigenvalue weighted by atomic mass is 16.5. The molecule has 1 aromatic carbocycles. The molecular formula is C23H27NO8. The Balaban J connectivity index is 1.35. The second-order valence-corrected chi connectivity index (χ2v) is 10.3. The van der Waals surface area contributed by atoms with Crippen molar-refractivity contribution in [1.82, 2.24) is 0 Å². The quantitative estimate of drug-likeness (QED) is 0.400. The van der Waals surface area contributed by atoms with Gasteiger partial charge in [0.2, 0.25) is 5.91 Å². The molecule has 5 fully saturated rings. The first-order chi connectivity index (χ1) is 15.0. The maximum Gasteiger partial charge on any atom is 0.339 e. The van der Waals surface area contributed by atoms with Gasteiger partial charge in [0.05, 0.1) is 23.7 Å². The van der Waals surface area contributed by atoms with Gasteiger partial charge in [0, 0.05) is 17.8 Å². The zero-order valence-corrected chi connectivity index (χ0v) is 18.0. The van der Waals surface area contributed by atoms with Crippen LogP contribution in [0.1, 0.15) is 56.3 Å². The lowest BCUT2D eigenvalue weighted by Crippen LogP contribution is -2.61. The Labute approximate surface area is 184 Å². The number of amides is 1. The predicted octanol–water partition coefficient (Wildman–Crippen LogP) is 2.65. The van der Waals surface area contributed by atoms with Crippen LogP contribution >= 0.6 is 0 Å². The molecule has 1 amide bonds. The zero-order chi connectivity index (χ0) is 23.1. The summed E-state index contributed by atoms with van der Waals surface area (Å²) < 4.78 is 12.0. The fourth-order valence-electron chi connectivity index (χ4n) is 7.10. The summed E-state index contributed by atoms with van der Waals surface area (Å²) in [7, 11) is 0. The molecule has 4 bridgehead atoms. The van der Waals surface area contributed by atoms with Crippen molar-refractivity contribution >= 4 is 23.5 Å². The molecule has 3 saturated heterocycles. The number of carbonyl (C=O) groups is 3. The highest BCUT2D eigenvalue weighted by Gasteiger charge is 2.73. The highest BCUT2D eigenvalue weighted by molar-refractivity contribution is 5.99. The van der Waals surface area contributed by atoms with E-state index in [4.69, 9.17) is 14.6 Å². The fraction of sp³-hybridized carbons (Fsp3) is 0.609. The minimum Gasteiger partial charge on any atom is -0.506 e. The van der Waals surface area contributed by atoms with E-state index in [1.807, 2.05) is 6.92 Å². The summed E-state index contributed by atoms with van der Waals surface area (Å²) >= 11 is 0. The lowest BCUT2D eigenvalue weighted by molar-refractivity contribution is -0.227. The third kappa shape index (κ3) is 2.76. The lowest BCUT2D eigenvalue weighted by Gasteiger charge is -2.56. The SMILES string of the molecule is CC12CC34COC(=O)[C@@](C)(CCC(=O)Nc5c(O)ccc(C(=O)O)c5O)C3C(CC1C4)O2. The molecule has 5 unspecified atom stereocenters. The van der Waals surface area contributed by atoms with Crippen molar-refractivity contribution < 1.29 is 39.2 Å². The summed E-state index contributed by atoms with van der Waals surface area (Å²) in [6, 6.07) is 2.14. The topological polar surface area (TPSA) is 142 Å². The van der Waals surface area contributed by atoms with Crippen LogP contribution in [0.25, 0.3) is 0 Å². The number of benzene rings is 1. The van der Waals surface area contributed by atoms with E-state index in [2.05, 4.69) is 12.2 Å². The zero-order valence-electron chi connectivity index (χ0n) is 18.0. The third-order valence-corrected chi connectivity index (χ3v) is 8.35. The van der Waals surface area contributed by atoms with Gasteiger partial charge in [-0.05, 0) is 57.6 Å².